The first kappa shape index (κ1) is 19.0. The van der Waals surface area contributed by atoms with Crippen LogP contribution in [0.1, 0.15) is 15.9 Å². The minimum Gasteiger partial charge on any atom is -0.497 e. The van der Waals surface area contributed by atoms with Crippen molar-refractivity contribution < 1.29 is 9.53 Å². The fraction of sp³-hybridized carbons (Fsp3) is 0.130. The first-order valence-corrected chi connectivity index (χ1v) is 8.79. The van der Waals surface area contributed by atoms with Crippen molar-refractivity contribution in [2.75, 3.05) is 31.4 Å². The van der Waals surface area contributed by atoms with E-state index in [9.17, 15) is 10.1 Å². The highest BCUT2D eigenvalue weighted by Crippen LogP contribution is 2.31. The summed E-state index contributed by atoms with van der Waals surface area (Å²) in [6.07, 6.45) is 0. The number of anilines is 2. The molecule has 28 heavy (non-hydrogen) atoms. The van der Waals surface area contributed by atoms with Crippen molar-refractivity contribution in [3.05, 3.63) is 77.9 Å². The molecule has 0 aliphatic carbocycles. The summed E-state index contributed by atoms with van der Waals surface area (Å²) < 4.78 is 5.13. The van der Waals surface area contributed by atoms with E-state index >= 15 is 0 Å². The molecule has 0 unspecified atom stereocenters. The van der Waals surface area contributed by atoms with Gasteiger partial charge < -0.3 is 15.0 Å². The number of nitrogens with one attached hydrogen (secondary N) is 1. The molecule has 0 heterocycles. The standard InChI is InChI=1S/C23H21N3O2/c1-26(2)19-9-5-17(6-10-19)21-14-16(15-24)4-13-22(21)25-23(27)18-7-11-20(28-3)12-8-18/h4-14H,1-3H3,(H,25,27). The number of nitrogens with zero attached hydrogens (tertiary/aromatic N) is 2. The number of hydrogen-bond donors (Lipinski definition) is 1. The lowest BCUT2D eigenvalue weighted by molar-refractivity contribution is 0.102. The van der Waals surface area contributed by atoms with Crippen LogP contribution in [0.15, 0.2) is 66.7 Å². The normalized spacial score (nSPS) is 10.1. The summed E-state index contributed by atoms with van der Waals surface area (Å²) >= 11 is 0. The van der Waals surface area contributed by atoms with Crippen LogP contribution in [-0.4, -0.2) is 27.1 Å². The number of carbonyl (C=O) groups is 1. The summed E-state index contributed by atoms with van der Waals surface area (Å²) in [6, 6.07) is 22.3. The van der Waals surface area contributed by atoms with Crippen molar-refractivity contribution >= 4 is 17.3 Å². The monoisotopic (exact) mass is 371 g/mol. The summed E-state index contributed by atoms with van der Waals surface area (Å²) in [5.74, 6) is 0.468. The third kappa shape index (κ3) is 4.13. The van der Waals surface area contributed by atoms with Crippen LogP contribution in [0.4, 0.5) is 11.4 Å². The van der Waals surface area contributed by atoms with E-state index < -0.39 is 0 Å². The summed E-state index contributed by atoms with van der Waals surface area (Å²) in [6.45, 7) is 0. The lowest BCUT2D eigenvalue weighted by Gasteiger charge is -2.15. The van der Waals surface area contributed by atoms with Gasteiger partial charge in [-0.2, -0.15) is 5.26 Å². The van der Waals surface area contributed by atoms with Gasteiger partial charge in [0.15, 0.2) is 0 Å². The first-order chi connectivity index (χ1) is 13.5. The van der Waals surface area contributed by atoms with E-state index in [0.717, 1.165) is 16.8 Å². The van der Waals surface area contributed by atoms with Gasteiger partial charge in [-0.1, -0.05) is 12.1 Å². The third-order valence-corrected chi connectivity index (χ3v) is 4.44. The van der Waals surface area contributed by atoms with E-state index in [0.29, 0.717) is 22.6 Å². The molecule has 0 radical (unpaired) electrons. The number of nitriles is 1. The van der Waals surface area contributed by atoms with Crippen LogP contribution in [-0.2, 0) is 0 Å². The Morgan fingerprint density at radius 2 is 1.68 bits per heavy atom. The topological polar surface area (TPSA) is 65.4 Å². The highest BCUT2D eigenvalue weighted by Gasteiger charge is 2.12. The number of ether oxygens (including phenoxy) is 1. The molecule has 0 aliphatic heterocycles. The molecule has 0 aliphatic rings. The van der Waals surface area contributed by atoms with E-state index in [-0.39, 0.29) is 5.91 Å². The Labute approximate surface area is 164 Å². The fourth-order valence-electron chi connectivity index (χ4n) is 2.84. The SMILES string of the molecule is COc1ccc(C(=O)Nc2ccc(C#N)cc2-c2ccc(N(C)C)cc2)cc1. The molecule has 0 saturated heterocycles. The minimum atomic E-state index is -0.224. The Bertz CT molecular complexity index is 1020. The zero-order valence-electron chi connectivity index (χ0n) is 16.1. The molecule has 5 heteroatoms. The number of amides is 1. The average molecular weight is 371 g/mol. The van der Waals surface area contributed by atoms with Gasteiger partial charge in [-0.3, -0.25) is 4.79 Å². The minimum absolute atomic E-state index is 0.224. The quantitative estimate of drug-likeness (QED) is 0.714. The highest BCUT2D eigenvalue weighted by atomic mass is 16.5. The summed E-state index contributed by atoms with van der Waals surface area (Å²) in [5.41, 5.74) is 4.51. The van der Waals surface area contributed by atoms with Gasteiger partial charge in [0.25, 0.3) is 5.91 Å². The van der Waals surface area contributed by atoms with Gasteiger partial charge in [0, 0.05) is 36.6 Å². The Balaban J connectivity index is 1.94. The van der Waals surface area contributed by atoms with Gasteiger partial charge in [-0.05, 0) is 60.2 Å². The number of carbonyl (C=O) groups excluding carboxylic acids is 1. The van der Waals surface area contributed by atoms with Crippen molar-refractivity contribution in [2.24, 2.45) is 0 Å². The molecule has 0 aromatic heterocycles. The summed E-state index contributed by atoms with van der Waals surface area (Å²) in [4.78, 5) is 14.7. The van der Waals surface area contributed by atoms with Gasteiger partial charge >= 0.3 is 0 Å². The molecule has 0 saturated carbocycles. The number of benzene rings is 3. The van der Waals surface area contributed by atoms with Crippen molar-refractivity contribution in [1.82, 2.24) is 0 Å². The van der Waals surface area contributed by atoms with Gasteiger partial charge in [0.2, 0.25) is 0 Å². The van der Waals surface area contributed by atoms with Gasteiger partial charge in [-0.15, -0.1) is 0 Å². The van der Waals surface area contributed by atoms with Crippen LogP contribution in [0.25, 0.3) is 11.1 Å². The van der Waals surface area contributed by atoms with Gasteiger partial charge in [-0.25, -0.2) is 0 Å². The second-order valence-corrected chi connectivity index (χ2v) is 6.50. The van der Waals surface area contributed by atoms with E-state index in [2.05, 4.69) is 11.4 Å². The molecule has 0 fully saturated rings. The Morgan fingerprint density at radius 1 is 1.00 bits per heavy atom. The molecular weight excluding hydrogens is 350 g/mol. The van der Waals surface area contributed by atoms with Crippen LogP contribution in [0.2, 0.25) is 0 Å². The number of hydrogen-bond acceptors (Lipinski definition) is 4. The second kappa shape index (κ2) is 8.28. The number of methoxy groups -OCH3 is 1. The van der Waals surface area contributed by atoms with Gasteiger partial charge in [0.05, 0.1) is 18.7 Å². The largest absolute Gasteiger partial charge is 0.497 e. The smallest absolute Gasteiger partial charge is 0.255 e. The van der Waals surface area contributed by atoms with Crippen LogP contribution in [0.5, 0.6) is 5.75 Å². The lowest BCUT2D eigenvalue weighted by atomic mass is 10.0. The van der Waals surface area contributed by atoms with Crippen LogP contribution < -0.4 is 15.0 Å². The van der Waals surface area contributed by atoms with Gasteiger partial charge in [0.1, 0.15) is 5.75 Å². The molecule has 3 aromatic carbocycles. The molecular formula is C23H21N3O2. The van der Waals surface area contributed by atoms with Crippen molar-refractivity contribution in [3.63, 3.8) is 0 Å². The molecule has 3 rings (SSSR count). The van der Waals surface area contributed by atoms with Crippen molar-refractivity contribution in [2.45, 2.75) is 0 Å². The molecule has 3 aromatic rings. The van der Waals surface area contributed by atoms with Crippen molar-refractivity contribution in [3.8, 4) is 22.9 Å². The molecule has 1 N–H and O–H groups in total. The maximum atomic E-state index is 12.7. The molecule has 140 valence electrons. The van der Waals surface area contributed by atoms with Crippen molar-refractivity contribution in [1.29, 1.82) is 5.26 Å². The highest BCUT2D eigenvalue weighted by molar-refractivity contribution is 6.06. The van der Waals surface area contributed by atoms with E-state index in [1.807, 2.05) is 43.3 Å². The molecule has 1 amide bonds. The fourth-order valence-corrected chi connectivity index (χ4v) is 2.84. The maximum Gasteiger partial charge on any atom is 0.255 e. The Hall–Kier alpha value is -3.78. The lowest BCUT2D eigenvalue weighted by Crippen LogP contribution is -2.12. The molecule has 5 nitrogen and oxygen atoms in total. The predicted molar refractivity (Wildman–Crippen MR) is 112 cm³/mol. The molecule has 0 atom stereocenters. The first-order valence-electron chi connectivity index (χ1n) is 8.79. The third-order valence-electron chi connectivity index (χ3n) is 4.44. The zero-order chi connectivity index (χ0) is 20.1. The molecule has 0 bridgehead atoms. The van der Waals surface area contributed by atoms with E-state index in [1.165, 1.54) is 0 Å². The zero-order valence-corrected chi connectivity index (χ0v) is 16.1. The average Bonchev–Trinajstić information content (AvgIpc) is 2.74. The van der Waals surface area contributed by atoms with Crippen LogP contribution in [0, 0.1) is 11.3 Å². The Kier molecular flexibility index (Phi) is 5.61. The summed E-state index contributed by atoms with van der Waals surface area (Å²) in [5, 5.41) is 12.2. The van der Waals surface area contributed by atoms with E-state index in [4.69, 9.17) is 4.74 Å². The van der Waals surface area contributed by atoms with E-state index in [1.54, 1.807) is 49.6 Å². The maximum absolute atomic E-state index is 12.7. The summed E-state index contributed by atoms with van der Waals surface area (Å²) in [7, 11) is 5.54. The van der Waals surface area contributed by atoms with Crippen LogP contribution in [0.3, 0.4) is 0 Å². The second-order valence-electron chi connectivity index (χ2n) is 6.50. The van der Waals surface area contributed by atoms with Crippen LogP contribution >= 0.6 is 0 Å². The molecule has 0 spiro atoms. The Morgan fingerprint density at radius 3 is 2.25 bits per heavy atom. The predicted octanol–water partition coefficient (Wildman–Crippen LogP) is 4.55. The number of rotatable bonds is 5.